The molecular weight excluding hydrogens is 355 g/mol. The van der Waals surface area contributed by atoms with Gasteiger partial charge in [0.1, 0.15) is 9.93 Å². The molecule has 7 nitrogen and oxygen atoms in total. The molecule has 0 aromatic heterocycles. The number of methoxy groups -OCH3 is 1. The van der Waals surface area contributed by atoms with E-state index in [9.17, 15) is 19.1 Å². The van der Waals surface area contributed by atoms with Gasteiger partial charge in [0.15, 0.2) is 0 Å². The van der Waals surface area contributed by atoms with Crippen LogP contribution in [-0.2, 0) is 20.3 Å². The molecule has 120 valence electrons. The maximum Gasteiger partial charge on any atom is 0.348 e. The van der Waals surface area contributed by atoms with E-state index in [-0.39, 0.29) is 19.8 Å². The molecule has 1 atom stereocenters. The van der Waals surface area contributed by atoms with Gasteiger partial charge in [-0.05, 0) is 13.0 Å². The van der Waals surface area contributed by atoms with Gasteiger partial charge in [-0.15, -0.1) is 0 Å². The summed E-state index contributed by atoms with van der Waals surface area (Å²) in [5, 5.41) is 13.4. The molecule has 1 N–H and O–H groups in total. The number of nitro groups is 1. The number of rotatable bonds is 6. The standard InChI is InChI=1S/C12H12Cl2N2O5S/c1-3-15-6-11(12(17)21-2)22(20)10-5-9(16(18)19)7(13)4-8(10)14/h4-6,15H,3H2,1-2H3. The fourth-order valence-electron chi connectivity index (χ4n) is 1.40. The molecule has 1 aromatic rings. The van der Waals surface area contributed by atoms with Crippen molar-refractivity contribution in [1.29, 1.82) is 0 Å². The Morgan fingerprint density at radius 1 is 1.45 bits per heavy atom. The molecule has 0 aliphatic carbocycles. The predicted molar refractivity (Wildman–Crippen MR) is 83.3 cm³/mol. The fraction of sp³-hybridized carbons (Fsp3) is 0.250. The van der Waals surface area contributed by atoms with Crippen molar-refractivity contribution in [2.24, 2.45) is 0 Å². The van der Waals surface area contributed by atoms with Crippen LogP contribution in [0.3, 0.4) is 0 Å². The number of halogens is 2. The molecule has 1 aromatic carbocycles. The van der Waals surface area contributed by atoms with Crippen LogP contribution in [0.15, 0.2) is 28.1 Å². The summed E-state index contributed by atoms with van der Waals surface area (Å²) in [5.74, 6) is -0.840. The number of benzene rings is 1. The average Bonchev–Trinajstić information content (AvgIpc) is 2.46. The van der Waals surface area contributed by atoms with Gasteiger partial charge in [-0.2, -0.15) is 0 Å². The Hall–Kier alpha value is -1.64. The van der Waals surface area contributed by atoms with Gasteiger partial charge in [0.25, 0.3) is 5.69 Å². The Morgan fingerprint density at radius 3 is 2.59 bits per heavy atom. The van der Waals surface area contributed by atoms with Gasteiger partial charge < -0.3 is 10.1 Å². The van der Waals surface area contributed by atoms with E-state index in [4.69, 9.17) is 23.2 Å². The third kappa shape index (κ3) is 4.19. The third-order valence-electron chi connectivity index (χ3n) is 2.42. The summed E-state index contributed by atoms with van der Waals surface area (Å²) in [7, 11) is -0.940. The van der Waals surface area contributed by atoms with E-state index in [1.807, 2.05) is 0 Å². The Balaban J connectivity index is 3.39. The summed E-state index contributed by atoms with van der Waals surface area (Å²) >= 11 is 11.6. The molecule has 0 amide bonds. The number of nitro benzene ring substituents is 1. The van der Waals surface area contributed by atoms with Gasteiger partial charge in [-0.25, -0.2) is 9.00 Å². The second kappa shape index (κ2) is 8.11. The van der Waals surface area contributed by atoms with E-state index in [2.05, 4.69) is 10.1 Å². The smallest absolute Gasteiger partial charge is 0.348 e. The number of ether oxygens (including phenoxy) is 1. The SMILES string of the molecule is CCNC=C(C(=O)OC)S(=O)c1cc([N+](=O)[O-])c(Cl)cc1Cl. The zero-order valence-corrected chi connectivity index (χ0v) is 13.9. The largest absolute Gasteiger partial charge is 0.465 e. The first kappa shape index (κ1) is 18.4. The molecule has 0 heterocycles. The monoisotopic (exact) mass is 366 g/mol. The maximum atomic E-state index is 12.5. The van der Waals surface area contributed by atoms with E-state index in [0.717, 1.165) is 19.2 Å². The van der Waals surface area contributed by atoms with E-state index in [1.165, 1.54) is 6.20 Å². The highest BCUT2D eigenvalue weighted by Gasteiger charge is 2.25. The second-order valence-electron chi connectivity index (χ2n) is 3.82. The second-order valence-corrected chi connectivity index (χ2v) is 6.05. The van der Waals surface area contributed by atoms with Crippen molar-refractivity contribution < 1.29 is 18.7 Å². The first-order valence-electron chi connectivity index (χ1n) is 5.90. The van der Waals surface area contributed by atoms with Gasteiger partial charge in [0, 0.05) is 18.8 Å². The number of nitrogens with one attached hydrogen (secondary N) is 1. The van der Waals surface area contributed by atoms with Crippen molar-refractivity contribution >= 4 is 45.7 Å². The number of hydrogen-bond donors (Lipinski definition) is 1. The Kier molecular flexibility index (Phi) is 6.79. The van der Waals surface area contributed by atoms with E-state index < -0.39 is 27.4 Å². The van der Waals surface area contributed by atoms with Crippen LogP contribution in [0.4, 0.5) is 5.69 Å². The molecule has 0 spiro atoms. The van der Waals surface area contributed by atoms with E-state index in [1.54, 1.807) is 6.92 Å². The van der Waals surface area contributed by atoms with Crippen molar-refractivity contribution in [3.63, 3.8) is 0 Å². The molecular formula is C12H12Cl2N2O5S. The fourth-order valence-corrected chi connectivity index (χ4v) is 3.18. The highest BCUT2D eigenvalue weighted by atomic mass is 35.5. The number of carbonyl (C=O) groups excluding carboxylic acids is 1. The summed E-state index contributed by atoms with van der Waals surface area (Å²) in [6.07, 6.45) is 1.22. The van der Waals surface area contributed by atoms with Crippen LogP contribution < -0.4 is 5.32 Å². The van der Waals surface area contributed by atoms with Crippen LogP contribution in [0.5, 0.6) is 0 Å². The highest BCUT2D eigenvalue weighted by molar-refractivity contribution is 7.90. The minimum Gasteiger partial charge on any atom is -0.465 e. The number of nitrogens with zero attached hydrogens (tertiary/aromatic N) is 1. The molecule has 10 heteroatoms. The minimum absolute atomic E-state index is 0.0553. The van der Waals surface area contributed by atoms with Crippen molar-refractivity contribution in [3.8, 4) is 0 Å². The van der Waals surface area contributed by atoms with Crippen LogP contribution in [0.25, 0.3) is 0 Å². The Labute approximate surface area is 138 Å². The Bertz CT molecular complexity index is 663. The summed E-state index contributed by atoms with van der Waals surface area (Å²) in [4.78, 5) is 21.5. The maximum absolute atomic E-state index is 12.5. The minimum atomic E-state index is -2.07. The lowest BCUT2D eigenvalue weighted by Crippen LogP contribution is -2.15. The summed E-state index contributed by atoms with van der Waals surface area (Å²) in [6.45, 7) is 2.25. The van der Waals surface area contributed by atoms with Crippen LogP contribution in [0.1, 0.15) is 6.92 Å². The molecule has 22 heavy (non-hydrogen) atoms. The number of esters is 1. The lowest BCUT2D eigenvalue weighted by atomic mass is 10.3. The summed E-state index contributed by atoms with van der Waals surface area (Å²) in [5.41, 5.74) is -0.456. The molecule has 0 saturated carbocycles. The van der Waals surface area contributed by atoms with Crippen molar-refractivity contribution in [1.82, 2.24) is 5.32 Å². The topological polar surface area (TPSA) is 98.5 Å². The molecule has 1 unspecified atom stereocenters. The van der Waals surface area contributed by atoms with Crippen LogP contribution >= 0.6 is 23.2 Å². The van der Waals surface area contributed by atoms with Gasteiger partial charge >= 0.3 is 5.97 Å². The first-order chi connectivity index (χ1) is 10.3. The van der Waals surface area contributed by atoms with Gasteiger partial charge in [-0.3, -0.25) is 10.1 Å². The normalized spacial score (nSPS) is 12.6. The number of hydrogen-bond acceptors (Lipinski definition) is 6. The van der Waals surface area contributed by atoms with E-state index >= 15 is 0 Å². The van der Waals surface area contributed by atoms with Gasteiger partial charge in [-0.1, -0.05) is 23.2 Å². The molecule has 1 rings (SSSR count). The van der Waals surface area contributed by atoms with Gasteiger partial charge in [0.05, 0.1) is 32.8 Å². The lowest BCUT2D eigenvalue weighted by Gasteiger charge is -2.08. The van der Waals surface area contributed by atoms with Crippen LogP contribution in [0, 0.1) is 10.1 Å². The molecule has 0 aliphatic heterocycles. The molecule has 0 fully saturated rings. The van der Waals surface area contributed by atoms with Crippen molar-refractivity contribution in [3.05, 3.63) is 43.4 Å². The van der Waals surface area contributed by atoms with Crippen molar-refractivity contribution in [2.45, 2.75) is 11.8 Å². The van der Waals surface area contributed by atoms with Crippen molar-refractivity contribution in [2.75, 3.05) is 13.7 Å². The zero-order chi connectivity index (χ0) is 16.9. The third-order valence-corrected chi connectivity index (χ3v) is 4.57. The zero-order valence-electron chi connectivity index (χ0n) is 11.6. The highest BCUT2D eigenvalue weighted by Crippen LogP contribution is 2.34. The van der Waals surface area contributed by atoms with Crippen LogP contribution in [-0.4, -0.2) is 28.8 Å². The summed E-state index contributed by atoms with van der Waals surface area (Å²) in [6, 6.07) is 2.08. The van der Waals surface area contributed by atoms with Gasteiger partial charge in [0.2, 0.25) is 0 Å². The summed E-state index contributed by atoms with van der Waals surface area (Å²) < 4.78 is 17.1. The average molecular weight is 367 g/mol. The first-order valence-corrected chi connectivity index (χ1v) is 7.81. The van der Waals surface area contributed by atoms with Crippen LogP contribution in [0.2, 0.25) is 10.0 Å². The molecule has 0 radical (unpaired) electrons. The Morgan fingerprint density at radius 2 is 2.09 bits per heavy atom. The lowest BCUT2D eigenvalue weighted by molar-refractivity contribution is -0.384. The van der Waals surface area contributed by atoms with E-state index in [0.29, 0.717) is 6.54 Å². The molecule has 0 bridgehead atoms. The quantitative estimate of drug-likeness (QED) is 0.359. The molecule has 0 saturated heterocycles. The number of carbonyl (C=O) groups is 1. The molecule has 0 aliphatic rings. The predicted octanol–water partition coefficient (Wildman–Crippen LogP) is 2.63.